The second-order valence-corrected chi connectivity index (χ2v) is 5.74. The molecule has 2 nitrogen and oxygen atoms in total. The second-order valence-electron chi connectivity index (χ2n) is 5.30. The number of benzene rings is 2. The Labute approximate surface area is 131 Å². The summed E-state index contributed by atoms with van der Waals surface area (Å²) in [7, 11) is 0. The van der Waals surface area contributed by atoms with Gasteiger partial charge in [0.1, 0.15) is 0 Å². The number of nitrogens with one attached hydrogen (secondary N) is 1. The third-order valence-corrected chi connectivity index (χ3v) is 3.87. The van der Waals surface area contributed by atoms with Gasteiger partial charge in [0, 0.05) is 10.6 Å². The monoisotopic (exact) mass is 301 g/mol. The van der Waals surface area contributed by atoms with Crippen LogP contribution < -0.4 is 5.32 Å². The van der Waals surface area contributed by atoms with Crippen LogP contribution in [0.5, 0.6) is 0 Å². The van der Waals surface area contributed by atoms with Crippen molar-refractivity contribution in [2.75, 3.05) is 0 Å². The summed E-state index contributed by atoms with van der Waals surface area (Å²) in [6.45, 7) is 6.23. The molecule has 1 N–H and O–H groups in total. The Balaban J connectivity index is 2.18. The zero-order chi connectivity index (χ0) is 15.4. The van der Waals surface area contributed by atoms with Gasteiger partial charge in [0.15, 0.2) is 0 Å². The van der Waals surface area contributed by atoms with Crippen molar-refractivity contribution < 1.29 is 4.79 Å². The Bertz CT molecular complexity index is 634. The molecule has 1 atom stereocenters. The van der Waals surface area contributed by atoms with Crippen LogP contribution in [0, 0.1) is 13.8 Å². The SMILES string of the molecule is CCC(NC(=O)c1ccc(Cl)cc1)c1ccc(C)cc1C. The zero-order valence-electron chi connectivity index (χ0n) is 12.6. The molecule has 0 aromatic heterocycles. The highest BCUT2D eigenvalue weighted by Gasteiger charge is 2.15. The summed E-state index contributed by atoms with van der Waals surface area (Å²) in [4.78, 5) is 12.3. The average Bonchev–Trinajstić information content (AvgIpc) is 2.46. The summed E-state index contributed by atoms with van der Waals surface area (Å²) < 4.78 is 0. The maximum absolute atomic E-state index is 12.3. The molecule has 0 heterocycles. The minimum atomic E-state index is -0.0708. The van der Waals surface area contributed by atoms with E-state index in [4.69, 9.17) is 11.6 Å². The van der Waals surface area contributed by atoms with Crippen LogP contribution in [0.15, 0.2) is 42.5 Å². The first-order valence-electron chi connectivity index (χ1n) is 7.15. The fraction of sp³-hybridized carbons (Fsp3) is 0.278. The fourth-order valence-corrected chi connectivity index (χ4v) is 2.59. The van der Waals surface area contributed by atoms with Gasteiger partial charge >= 0.3 is 0 Å². The molecular weight excluding hydrogens is 282 g/mol. The van der Waals surface area contributed by atoms with Gasteiger partial charge in [-0.15, -0.1) is 0 Å². The lowest BCUT2D eigenvalue weighted by atomic mass is 9.97. The third-order valence-electron chi connectivity index (χ3n) is 3.62. The maximum atomic E-state index is 12.3. The Hall–Kier alpha value is -1.80. The summed E-state index contributed by atoms with van der Waals surface area (Å²) in [5.41, 5.74) is 4.24. The normalized spacial score (nSPS) is 12.0. The van der Waals surface area contributed by atoms with Crippen molar-refractivity contribution in [2.45, 2.75) is 33.2 Å². The summed E-state index contributed by atoms with van der Waals surface area (Å²) in [5, 5.41) is 3.73. The molecule has 0 aliphatic rings. The zero-order valence-corrected chi connectivity index (χ0v) is 13.4. The van der Waals surface area contributed by atoms with Gasteiger partial charge in [-0.25, -0.2) is 0 Å². The highest BCUT2D eigenvalue weighted by atomic mass is 35.5. The van der Waals surface area contributed by atoms with Crippen LogP contribution >= 0.6 is 11.6 Å². The number of hydrogen-bond acceptors (Lipinski definition) is 1. The highest BCUT2D eigenvalue weighted by Crippen LogP contribution is 2.22. The lowest BCUT2D eigenvalue weighted by Gasteiger charge is -2.20. The van der Waals surface area contributed by atoms with Crippen LogP contribution in [-0.4, -0.2) is 5.91 Å². The summed E-state index contributed by atoms with van der Waals surface area (Å²) in [6.07, 6.45) is 0.850. The minimum absolute atomic E-state index is 0.0220. The van der Waals surface area contributed by atoms with Gasteiger partial charge in [-0.05, 0) is 55.7 Å². The van der Waals surface area contributed by atoms with Gasteiger partial charge in [0.2, 0.25) is 0 Å². The summed E-state index contributed by atoms with van der Waals surface area (Å²) >= 11 is 5.85. The summed E-state index contributed by atoms with van der Waals surface area (Å²) in [6, 6.07) is 13.3. The molecule has 2 aromatic carbocycles. The molecule has 0 bridgehead atoms. The standard InChI is InChI=1S/C18H20ClNO/c1-4-17(16-10-5-12(2)11-13(16)3)20-18(21)14-6-8-15(19)9-7-14/h5-11,17H,4H2,1-3H3,(H,20,21). The molecule has 0 spiro atoms. The molecule has 110 valence electrons. The van der Waals surface area contributed by atoms with Gasteiger partial charge in [-0.1, -0.05) is 42.3 Å². The van der Waals surface area contributed by atoms with Crippen LogP contribution in [0.25, 0.3) is 0 Å². The molecule has 0 aliphatic carbocycles. The van der Waals surface area contributed by atoms with Crippen LogP contribution in [0.2, 0.25) is 5.02 Å². The Morgan fingerprint density at radius 1 is 1.14 bits per heavy atom. The number of carbonyl (C=O) groups excluding carboxylic acids is 1. The summed E-state index contributed by atoms with van der Waals surface area (Å²) in [5.74, 6) is -0.0708. The van der Waals surface area contributed by atoms with Crippen molar-refractivity contribution >= 4 is 17.5 Å². The topological polar surface area (TPSA) is 29.1 Å². The first-order chi connectivity index (χ1) is 10.0. The molecular formula is C18H20ClNO. The van der Waals surface area contributed by atoms with E-state index >= 15 is 0 Å². The van der Waals surface area contributed by atoms with E-state index in [9.17, 15) is 4.79 Å². The predicted octanol–water partition coefficient (Wildman–Crippen LogP) is 4.84. The first kappa shape index (κ1) is 15.6. The Morgan fingerprint density at radius 2 is 1.81 bits per heavy atom. The number of halogens is 1. The number of carbonyl (C=O) groups is 1. The Morgan fingerprint density at radius 3 is 2.38 bits per heavy atom. The highest BCUT2D eigenvalue weighted by molar-refractivity contribution is 6.30. The average molecular weight is 302 g/mol. The molecule has 3 heteroatoms. The van der Waals surface area contributed by atoms with Crippen LogP contribution in [0.4, 0.5) is 0 Å². The molecule has 0 fully saturated rings. The second kappa shape index (κ2) is 6.77. The number of amides is 1. The number of hydrogen-bond donors (Lipinski definition) is 1. The molecule has 0 radical (unpaired) electrons. The van der Waals surface area contributed by atoms with E-state index in [0.717, 1.165) is 6.42 Å². The molecule has 0 saturated carbocycles. The van der Waals surface area contributed by atoms with E-state index in [2.05, 4.69) is 44.3 Å². The molecule has 1 unspecified atom stereocenters. The van der Waals surface area contributed by atoms with Crippen molar-refractivity contribution in [1.82, 2.24) is 5.32 Å². The minimum Gasteiger partial charge on any atom is -0.345 e. The van der Waals surface area contributed by atoms with Crippen LogP contribution in [0.3, 0.4) is 0 Å². The van der Waals surface area contributed by atoms with E-state index in [-0.39, 0.29) is 11.9 Å². The van der Waals surface area contributed by atoms with Crippen LogP contribution in [-0.2, 0) is 0 Å². The fourth-order valence-electron chi connectivity index (χ4n) is 2.46. The molecule has 0 saturated heterocycles. The number of rotatable bonds is 4. The Kier molecular flexibility index (Phi) is 5.03. The predicted molar refractivity (Wildman–Crippen MR) is 87.9 cm³/mol. The first-order valence-corrected chi connectivity index (χ1v) is 7.52. The van der Waals surface area contributed by atoms with E-state index < -0.39 is 0 Å². The van der Waals surface area contributed by atoms with Crippen molar-refractivity contribution in [1.29, 1.82) is 0 Å². The number of aryl methyl sites for hydroxylation is 2. The molecule has 21 heavy (non-hydrogen) atoms. The maximum Gasteiger partial charge on any atom is 0.251 e. The van der Waals surface area contributed by atoms with Gasteiger partial charge < -0.3 is 5.32 Å². The van der Waals surface area contributed by atoms with Crippen molar-refractivity contribution in [2.24, 2.45) is 0 Å². The van der Waals surface area contributed by atoms with E-state index in [1.54, 1.807) is 24.3 Å². The van der Waals surface area contributed by atoms with Gasteiger partial charge in [-0.3, -0.25) is 4.79 Å². The van der Waals surface area contributed by atoms with E-state index in [1.807, 2.05) is 0 Å². The van der Waals surface area contributed by atoms with Crippen molar-refractivity contribution in [3.05, 3.63) is 69.7 Å². The van der Waals surface area contributed by atoms with Crippen molar-refractivity contribution in [3.63, 3.8) is 0 Å². The van der Waals surface area contributed by atoms with Gasteiger partial charge in [0.25, 0.3) is 5.91 Å². The largest absolute Gasteiger partial charge is 0.345 e. The van der Waals surface area contributed by atoms with E-state index in [1.165, 1.54) is 16.7 Å². The van der Waals surface area contributed by atoms with Gasteiger partial charge in [0.05, 0.1) is 6.04 Å². The molecule has 2 rings (SSSR count). The molecule has 2 aromatic rings. The quantitative estimate of drug-likeness (QED) is 0.860. The molecule has 1 amide bonds. The van der Waals surface area contributed by atoms with Crippen LogP contribution in [0.1, 0.15) is 46.4 Å². The lowest BCUT2D eigenvalue weighted by Crippen LogP contribution is -2.28. The smallest absolute Gasteiger partial charge is 0.251 e. The third kappa shape index (κ3) is 3.85. The lowest BCUT2D eigenvalue weighted by molar-refractivity contribution is 0.0935. The van der Waals surface area contributed by atoms with E-state index in [0.29, 0.717) is 10.6 Å². The van der Waals surface area contributed by atoms with Crippen molar-refractivity contribution in [3.8, 4) is 0 Å². The molecule has 0 aliphatic heterocycles. The van der Waals surface area contributed by atoms with Gasteiger partial charge in [-0.2, -0.15) is 0 Å².